The summed E-state index contributed by atoms with van der Waals surface area (Å²) in [5.74, 6) is 0.483. The lowest BCUT2D eigenvalue weighted by molar-refractivity contribution is 0.414. The molecule has 0 spiro atoms. The van der Waals surface area contributed by atoms with Crippen LogP contribution in [0.1, 0.15) is 5.56 Å². The topological polar surface area (TPSA) is 107 Å². The van der Waals surface area contributed by atoms with Crippen LogP contribution in [0.2, 0.25) is 0 Å². The molecule has 0 bridgehead atoms. The van der Waals surface area contributed by atoms with Gasteiger partial charge in [-0.3, -0.25) is 0 Å². The Balaban J connectivity index is 2.45. The fourth-order valence-electron chi connectivity index (χ4n) is 1.78. The van der Waals surface area contributed by atoms with Crippen molar-refractivity contribution >= 4 is 21.7 Å². The standard InChI is InChI=1S/C12H14N4O3S/c1-8-6-9(19-2)7-10(13)11(8)20(17,18)16-12-14-4-3-5-15-12/h3-7H,13H2,1-2H3,(H,14,15,16). The molecule has 3 N–H and O–H groups in total. The second kappa shape index (κ2) is 5.33. The first-order valence-electron chi connectivity index (χ1n) is 5.68. The predicted molar refractivity (Wildman–Crippen MR) is 75.0 cm³/mol. The highest BCUT2D eigenvalue weighted by Crippen LogP contribution is 2.28. The van der Waals surface area contributed by atoms with E-state index < -0.39 is 10.0 Å². The molecule has 1 heterocycles. The minimum Gasteiger partial charge on any atom is -0.497 e. The van der Waals surface area contributed by atoms with Crippen LogP contribution in [0.4, 0.5) is 11.6 Å². The Morgan fingerprint density at radius 2 is 1.90 bits per heavy atom. The molecule has 20 heavy (non-hydrogen) atoms. The average Bonchev–Trinajstić information content (AvgIpc) is 2.37. The minimum atomic E-state index is -3.86. The van der Waals surface area contributed by atoms with Gasteiger partial charge in [-0.25, -0.2) is 23.1 Å². The van der Waals surface area contributed by atoms with Gasteiger partial charge in [-0.2, -0.15) is 0 Å². The molecule has 0 saturated heterocycles. The van der Waals surface area contributed by atoms with Gasteiger partial charge in [-0.05, 0) is 24.6 Å². The highest BCUT2D eigenvalue weighted by atomic mass is 32.2. The molecule has 0 radical (unpaired) electrons. The van der Waals surface area contributed by atoms with Gasteiger partial charge in [0.25, 0.3) is 10.0 Å². The van der Waals surface area contributed by atoms with Crippen molar-refractivity contribution in [2.24, 2.45) is 0 Å². The van der Waals surface area contributed by atoms with Crippen LogP contribution in [-0.2, 0) is 10.0 Å². The van der Waals surface area contributed by atoms with Gasteiger partial charge in [0.15, 0.2) is 0 Å². The van der Waals surface area contributed by atoms with Crippen molar-refractivity contribution in [2.75, 3.05) is 17.6 Å². The summed E-state index contributed by atoms with van der Waals surface area (Å²) in [5, 5.41) is 0. The predicted octanol–water partition coefficient (Wildman–Crippen LogP) is 1.18. The quantitative estimate of drug-likeness (QED) is 0.820. The van der Waals surface area contributed by atoms with E-state index >= 15 is 0 Å². The van der Waals surface area contributed by atoms with Crippen molar-refractivity contribution in [3.05, 3.63) is 36.2 Å². The summed E-state index contributed by atoms with van der Waals surface area (Å²) in [7, 11) is -2.37. The zero-order chi connectivity index (χ0) is 14.8. The number of nitrogens with zero attached hydrogens (tertiary/aromatic N) is 2. The summed E-state index contributed by atoms with van der Waals surface area (Å²) >= 11 is 0. The van der Waals surface area contributed by atoms with Crippen LogP contribution in [0, 0.1) is 6.92 Å². The van der Waals surface area contributed by atoms with E-state index in [0.717, 1.165) is 0 Å². The van der Waals surface area contributed by atoms with Gasteiger partial charge in [-0.1, -0.05) is 0 Å². The Hall–Kier alpha value is -2.35. The molecule has 7 nitrogen and oxygen atoms in total. The first-order chi connectivity index (χ1) is 9.44. The lowest BCUT2D eigenvalue weighted by Crippen LogP contribution is -2.17. The molecule has 2 aromatic rings. The number of ether oxygens (including phenoxy) is 1. The number of anilines is 2. The van der Waals surface area contributed by atoms with Crippen molar-refractivity contribution in [3.8, 4) is 5.75 Å². The third-order valence-electron chi connectivity index (χ3n) is 2.57. The van der Waals surface area contributed by atoms with Crippen molar-refractivity contribution in [1.29, 1.82) is 0 Å². The van der Waals surface area contributed by atoms with Crippen molar-refractivity contribution in [3.63, 3.8) is 0 Å². The summed E-state index contributed by atoms with van der Waals surface area (Å²) in [6.07, 6.45) is 2.88. The van der Waals surface area contributed by atoms with E-state index in [1.807, 2.05) is 0 Å². The second-order valence-electron chi connectivity index (χ2n) is 4.04. The third kappa shape index (κ3) is 2.80. The number of nitrogen functional groups attached to an aromatic ring is 1. The fraction of sp³-hybridized carbons (Fsp3) is 0.167. The largest absolute Gasteiger partial charge is 0.497 e. The summed E-state index contributed by atoms with van der Waals surface area (Å²) in [6, 6.07) is 4.63. The number of aromatic nitrogens is 2. The van der Waals surface area contributed by atoms with Crippen molar-refractivity contribution in [2.45, 2.75) is 11.8 Å². The van der Waals surface area contributed by atoms with Crippen molar-refractivity contribution in [1.82, 2.24) is 9.97 Å². The number of nitrogens with two attached hydrogens (primary N) is 1. The number of hydrogen-bond acceptors (Lipinski definition) is 6. The fourth-order valence-corrected chi connectivity index (χ4v) is 3.07. The maximum absolute atomic E-state index is 12.3. The van der Waals surface area contributed by atoms with E-state index in [0.29, 0.717) is 11.3 Å². The van der Waals surface area contributed by atoms with Crippen LogP contribution < -0.4 is 15.2 Å². The van der Waals surface area contributed by atoms with Crippen LogP contribution in [0.25, 0.3) is 0 Å². The van der Waals surface area contributed by atoms with E-state index in [-0.39, 0.29) is 16.5 Å². The lowest BCUT2D eigenvalue weighted by Gasteiger charge is -2.13. The van der Waals surface area contributed by atoms with Gasteiger partial charge in [0.2, 0.25) is 5.95 Å². The number of hydrogen-bond donors (Lipinski definition) is 2. The third-order valence-corrected chi connectivity index (χ3v) is 4.12. The zero-order valence-corrected chi connectivity index (χ0v) is 11.8. The molecule has 8 heteroatoms. The SMILES string of the molecule is COc1cc(C)c(S(=O)(=O)Nc2ncccn2)c(N)c1. The average molecular weight is 294 g/mol. The van der Waals surface area contributed by atoms with Crippen LogP contribution in [0.5, 0.6) is 5.75 Å². The van der Waals surface area contributed by atoms with Crippen LogP contribution >= 0.6 is 0 Å². The summed E-state index contributed by atoms with van der Waals surface area (Å²) in [5.41, 5.74) is 6.38. The Kier molecular flexibility index (Phi) is 3.75. The molecular formula is C12H14N4O3S. The van der Waals surface area contributed by atoms with Gasteiger partial charge >= 0.3 is 0 Å². The molecule has 106 valence electrons. The highest BCUT2D eigenvalue weighted by Gasteiger charge is 2.22. The Bertz CT molecular complexity index is 694. The number of sulfonamides is 1. The van der Waals surface area contributed by atoms with E-state index in [9.17, 15) is 8.42 Å². The van der Waals surface area contributed by atoms with Gasteiger partial charge in [0.05, 0.1) is 12.8 Å². The van der Waals surface area contributed by atoms with Crippen LogP contribution in [0.3, 0.4) is 0 Å². The van der Waals surface area contributed by atoms with Gasteiger partial charge in [0, 0.05) is 18.5 Å². The number of rotatable bonds is 4. The zero-order valence-electron chi connectivity index (χ0n) is 11.0. The second-order valence-corrected chi connectivity index (χ2v) is 5.66. The molecular weight excluding hydrogens is 280 g/mol. The molecule has 0 fully saturated rings. The maximum atomic E-state index is 12.3. The van der Waals surface area contributed by atoms with E-state index in [1.54, 1.807) is 19.1 Å². The number of methoxy groups -OCH3 is 1. The summed E-state index contributed by atoms with van der Waals surface area (Å²) < 4.78 is 32.0. The van der Waals surface area contributed by atoms with E-state index in [4.69, 9.17) is 10.5 Å². The van der Waals surface area contributed by atoms with Crippen molar-refractivity contribution < 1.29 is 13.2 Å². The normalized spacial score (nSPS) is 11.1. The number of benzene rings is 1. The Morgan fingerprint density at radius 1 is 1.25 bits per heavy atom. The summed E-state index contributed by atoms with van der Waals surface area (Å²) in [6.45, 7) is 1.64. The van der Waals surface area contributed by atoms with Gasteiger partial charge in [0.1, 0.15) is 10.6 Å². The van der Waals surface area contributed by atoms with E-state index in [1.165, 1.54) is 25.6 Å². The first-order valence-corrected chi connectivity index (χ1v) is 7.16. The van der Waals surface area contributed by atoms with Crippen LogP contribution in [-0.4, -0.2) is 25.5 Å². The molecule has 2 rings (SSSR count). The first kappa shape index (κ1) is 14.1. The lowest BCUT2D eigenvalue weighted by atomic mass is 10.2. The molecule has 0 aliphatic rings. The number of aryl methyl sites for hydroxylation is 1. The summed E-state index contributed by atoms with van der Waals surface area (Å²) in [4.78, 5) is 7.62. The number of nitrogens with one attached hydrogen (secondary N) is 1. The monoisotopic (exact) mass is 294 g/mol. The smallest absolute Gasteiger partial charge is 0.266 e. The maximum Gasteiger partial charge on any atom is 0.266 e. The molecule has 1 aromatic heterocycles. The Morgan fingerprint density at radius 3 is 2.45 bits per heavy atom. The molecule has 0 saturated carbocycles. The van der Waals surface area contributed by atoms with Crippen LogP contribution in [0.15, 0.2) is 35.5 Å². The highest BCUT2D eigenvalue weighted by molar-refractivity contribution is 7.93. The molecule has 0 aliphatic carbocycles. The molecule has 0 unspecified atom stereocenters. The molecule has 0 amide bonds. The molecule has 0 aliphatic heterocycles. The molecule has 0 atom stereocenters. The Labute approximate surface area is 116 Å². The minimum absolute atomic E-state index is 0.00856. The molecule has 1 aromatic carbocycles. The van der Waals surface area contributed by atoms with E-state index in [2.05, 4.69) is 14.7 Å². The van der Waals surface area contributed by atoms with Gasteiger partial charge in [-0.15, -0.1) is 0 Å². The van der Waals surface area contributed by atoms with Gasteiger partial charge < -0.3 is 10.5 Å².